The van der Waals surface area contributed by atoms with Gasteiger partial charge in [-0.15, -0.1) is 0 Å². The van der Waals surface area contributed by atoms with Crippen molar-refractivity contribution in [3.8, 4) is 5.75 Å². The lowest BCUT2D eigenvalue weighted by Crippen LogP contribution is -2.14. The Bertz CT molecular complexity index is 830. The number of nitrogens with one attached hydrogen (secondary N) is 2. The second-order valence-corrected chi connectivity index (χ2v) is 5.64. The summed E-state index contributed by atoms with van der Waals surface area (Å²) < 4.78 is 5.22. The molecular formula is C21H20N2O2. The molecule has 0 radical (unpaired) electrons. The molecule has 0 spiro atoms. The highest BCUT2D eigenvalue weighted by molar-refractivity contribution is 5.92. The first-order valence-electron chi connectivity index (χ1n) is 8.08. The molecule has 4 nitrogen and oxygen atoms in total. The van der Waals surface area contributed by atoms with Gasteiger partial charge in [-0.1, -0.05) is 36.4 Å². The van der Waals surface area contributed by atoms with E-state index >= 15 is 0 Å². The molecule has 3 aromatic rings. The van der Waals surface area contributed by atoms with E-state index in [4.69, 9.17) is 4.74 Å². The SMILES string of the molecule is COc1cccc(Nc2ccc(NC(=O)Cc3ccccc3)cc2)c1. The zero-order valence-electron chi connectivity index (χ0n) is 14.0. The second kappa shape index (κ2) is 8.02. The number of hydrogen-bond acceptors (Lipinski definition) is 3. The van der Waals surface area contributed by atoms with Crippen molar-refractivity contribution < 1.29 is 9.53 Å². The van der Waals surface area contributed by atoms with Crippen LogP contribution < -0.4 is 15.4 Å². The van der Waals surface area contributed by atoms with Crippen molar-refractivity contribution in [1.29, 1.82) is 0 Å². The van der Waals surface area contributed by atoms with Crippen LogP contribution in [0, 0.1) is 0 Å². The highest BCUT2D eigenvalue weighted by atomic mass is 16.5. The average molecular weight is 332 g/mol. The number of ether oxygens (including phenoxy) is 1. The number of benzene rings is 3. The van der Waals surface area contributed by atoms with Gasteiger partial charge in [-0.3, -0.25) is 4.79 Å². The molecule has 0 aliphatic rings. The van der Waals surface area contributed by atoms with E-state index in [-0.39, 0.29) is 5.91 Å². The van der Waals surface area contributed by atoms with Gasteiger partial charge < -0.3 is 15.4 Å². The Kier molecular flexibility index (Phi) is 5.32. The third kappa shape index (κ3) is 4.85. The first-order valence-corrected chi connectivity index (χ1v) is 8.08. The molecule has 0 heterocycles. The summed E-state index contributed by atoms with van der Waals surface area (Å²) in [6.07, 6.45) is 0.366. The first-order chi connectivity index (χ1) is 12.2. The normalized spacial score (nSPS) is 10.1. The topological polar surface area (TPSA) is 50.4 Å². The predicted molar refractivity (Wildman–Crippen MR) is 101 cm³/mol. The fourth-order valence-electron chi connectivity index (χ4n) is 2.49. The average Bonchev–Trinajstić information content (AvgIpc) is 2.64. The largest absolute Gasteiger partial charge is 0.497 e. The quantitative estimate of drug-likeness (QED) is 0.692. The Hall–Kier alpha value is -3.27. The molecule has 126 valence electrons. The van der Waals surface area contributed by atoms with Gasteiger partial charge in [0.1, 0.15) is 5.75 Å². The van der Waals surface area contributed by atoms with Crippen molar-refractivity contribution in [2.75, 3.05) is 17.7 Å². The minimum absolute atomic E-state index is 0.0281. The van der Waals surface area contributed by atoms with Crippen LogP contribution in [-0.4, -0.2) is 13.0 Å². The smallest absolute Gasteiger partial charge is 0.228 e. The van der Waals surface area contributed by atoms with E-state index in [1.54, 1.807) is 7.11 Å². The summed E-state index contributed by atoms with van der Waals surface area (Å²) in [6.45, 7) is 0. The van der Waals surface area contributed by atoms with E-state index in [1.165, 1.54) is 0 Å². The van der Waals surface area contributed by atoms with Crippen molar-refractivity contribution >= 4 is 23.0 Å². The zero-order chi connectivity index (χ0) is 17.5. The molecular weight excluding hydrogens is 312 g/mol. The van der Waals surface area contributed by atoms with E-state index in [1.807, 2.05) is 78.9 Å². The standard InChI is InChI=1S/C21H20N2O2/c1-25-20-9-5-8-19(15-20)22-17-10-12-18(13-11-17)23-21(24)14-16-6-3-2-4-7-16/h2-13,15,22H,14H2,1H3,(H,23,24). The van der Waals surface area contributed by atoms with Gasteiger partial charge in [-0.25, -0.2) is 0 Å². The minimum atomic E-state index is -0.0281. The molecule has 0 saturated carbocycles. The lowest BCUT2D eigenvalue weighted by molar-refractivity contribution is -0.115. The molecule has 0 saturated heterocycles. The zero-order valence-corrected chi connectivity index (χ0v) is 14.0. The van der Waals surface area contributed by atoms with Crippen molar-refractivity contribution in [2.24, 2.45) is 0 Å². The van der Waals surface area contributed by atoms with Gasteiger partial charge in [-0.2, -0.15) is 0 Å². The molecule has 0 aliphatic carbocycles. The van der Waals surface area contributed by atoms with Gasteiger partial charge in [-0.05, 0) is 42.0 Å². The fourth-order valence-corrected chi connectivity index (χ4v) is 2.49. The molecule has 0 fully saturated rings. The lowest BCUT2D eigenvalue weighted by atomic mass is 10.1. The summed E-state index contributed by atoms with van der Waals surface area (Å²) >= 11 is 0. The van der Waals surface area contributed by atoms with Crippen LogP contribution in [0.3, 0.4) is 0 Å². The Morgan fingerprint density at radius 3 is 2.28 bits per heavy atom. The Labute approximate surface area is 147 Å². The lowest BCUT2D eigenvalue weighted by Gasteiger charge is -2.10. The van der Waals surface area contributed by atoms with Crippen LogP contribution in [-0.2, 0) is 11.2 Å². The predicted octanol–water partition coefficient (Wildman–Crippen LogP) is 4.62. The highest BCUT2D eigenvalue weighted by Gasteiger charge is 2.04. The molecule has 0 unspecified atom stereocenters. The monoisotopic (exact) mass is 332 g/mol. The van der Waals surface area contributed by atoms with Crippen LogP contribution in [0.4, 0.5) is 17.1 Å². The van der Waals surface area contributed by atoms with E-state index in [9.17, 15) is 4.79 Å². The summed E-state index contributed by atoms with van der Waals surface area (Å²) in [7, 11) is 1.64. The van der Waals surface area contributed by atoms with Crippen LogP contribution in [0.2, 0.25) is 0 Å². The summed E-state index contributed by atoms with van der Waals surface area (Å²) in [5, 5.41) is 6.22. The van der Waals surface area contributed by atoms with E-state index in [0.29, 0.717) is 6.42 Å². The molecule has 25 heavy (non-hydrogen) atoms. The molecule has 0 aromatic heterocycles. The van der Waals surface area contributed by atoms with Gasteiger partial charge in [0.15, 0.2) is 0 Å². The van der Waals surface area contributed by atoms with Crippen molar-refractivity contribution in [2.45, 2.75) is 6.42 Å². The summed E-state index contributed by atoms with van der Waals surface area (Å²) in [4.78, 5) is 12.1. The number of carbonyl (C=O) groups excluding carboxylic acids is 1. The van der Waals surface area contributed by atoms with Gasteiger partial charge in [0.25, 0.3) is 0 Å². The van der Waals surface area contributed by atoms with E-state index < -0.39 is 0 Å². The van der Waals surface area contributed by atoms with Crippen LogP contribution >= 0.6 is 0 Å². The van der Waals surface area contributed by atoms with Gasteiger partial charge in [0.05, 0.1) is 13.5 Å². The van der Waals surface area contributed by atoms with Gasteiger partial charge >= 0.3 is 0 Å². The summed E-state index contributed by atoms with van der Waals surface area (Å²) in [6, 6.07) is 25.0. The van der Waals surface area contributed by atoms with Crippen molar-refractivity contribution in [3.63, 3.8) is 0 Å². The molecule has 1 amide bonds. The highest BCUT2D eigenvalue weighted by Crippen LogP contribution is 2.22. The Balaban J connectivity index is 1.59. The van der Waals surface area contributed by atoms with Gasteiger partial charge in [0, 0.05) is 23.1 Å². The first kappa shape index (κ1) is 16.6. The molecule has 3 rings (SSSR count). The maximum Gasteiger partial charge on any atom is 0.228 e. The Morgan fingerprint density at radius 2 is 1.56 bits per heavy atom. The fraction of sp³-hybridized carbons (Fsp3) is 0.0952. The Morgan fingerprint density at radius 1 is 0.840 bits per heavy atom. The third-order valence-electron chi connectivity index (χ3n) is 3.73. The van der Waals surface area contributed by atoms with Gasteiger partial charge in [0.2, 0.25) is 5.91 Å². The van der Waals surface area contributed by atoms with E-state index in [2.05, 4.69) is 10.6 Å². The number of amides is 1. The molecule has 0 atom stereocenters. The van der Waals surface area contributed by atoms with Crippen molar-refractivity contribution in [1.82, 2.24) is 0 Å². The second-order valence-electron chi connectivity index (χ2n) is 5.64. The number of rotatable bonds is 6. The number of anilines is 3. The minimum Gasteiger partial charge on any atom is -0.497 e. The molecule has 4 heteroatoms. The third-order valence-corrected chi connectivity index (χ3v) is 3.73. The maximum absolute atomic E-state index is 12.1. The van der Waals surface area contributed by atoms with Crippen LogP contribution in [0.1, 0.15) is 5.56 Å². The molecule has 2 N–H and O–H groups in total. The summed E-state index contributed by atoms with van der Waals surface area (Å²) in [5.74, 6) is 0.773. The number of carbonyl (C=O) groups is 1. The number of hydrogen-bond donors (Lipinski definition) is 2. The summed E-state index contributed by atoms with van der Waals surface area (Å²) in [5.41, 5.74) is 3.66. The van der Waals surface area contributed by atoms with Crippen LogP contribution in [0.25, 0.3) is 0 Å². The molecule has 3 aromatic carbocycles. The van der Waals surface area contributed by atoms with E-state index in [0.717, 1.165) is 28.4 Å². The maximum atomic E-state index is 12.1. The van der Waals surface area contributed by atoms with Crippen molar-refractivity contribution in [3.05, 3.63) is 84.4 Å². The number of methoxy groups -OCH3 is 1. The molecule has 0 aliphatic heterocycles. The van der Waals surface area contributed by atoms with Crippen LogP contribution in [0.15, 0.2) is 78.9 Å². The molecule has 0 bridgehead atoms. The van der Waals surface area contributed by atoms with Crippen LogP contribution in [0.5, 0.6) is 5.75 Å².